The van der Waals surface area contributed by atoms with Gasteiger partial charge in [0.25, 0.3) is 0 Å². The standard InChI is InChI=1S/C17H17F6NO2S/c1-26-7-2-8-27-11-15(25,17(21,22)23)6-5-12-3-4-13(10-24)14(9-12)16(18,19)20/h3-6,9,25H,2,7-8,11H2,1H3/b6-5+. The van der Waals surface area contributed by atoms with Gasteiger partial charge in [-0.05, 0) is 35.9 Å². The molecule has 0 saturated carbocycles. The Kier molecular flexibility index (Phi) is 8.20. The zero-order chi connectivity index (χ0) is 20.7. The van der Waals surface area contributed by atoms with Crippen molar-refractivity contribution in [3.8, 4) is 6.07 Å². The van der Waals surface area contributed by atoms with Gasteiger partial charge in [0.05, 0.1) is 17.2 Å². The average Bonchev–Trinajstić information content (AvgIpc) is 2.57. The van der Waals surface area contributed by atoms with Crippen LogP contribution < -0.4 is 0 Å². The lowest BCUT2D eigenvalue weighted by Gasteiger charge is -2.27. The van der Waals surface area contributed by atoms with Gasteiger partial charge in [-0.2, -0.15) is 43.4 Å². The van der Waals surface area contributed by atoms with Gasteiger partial charge in [-0.1, -0.05) is 12.1 Å². The molecule has 0 heterocycles. The summed E-state index contributed by atoms with van der Waals surface area (Å²) in [5, 5.41) is 18.7. The monoisotopic (exact) mass is 413 g/mol. The molecular weight excluding hydrogens is 396 g/mol. The molecule has 0 aliphatic rings. The number of halogens is 6. The lowest BCUT2D eigenvalue weighted by molar-refractivity contribution is -0.230. The van der Waals surface area contributed by atoms with Crippen molar-refractivity contribution in [3.05, 3.63) is 41.0 Å². The number of nitrogens with zero attached hydrogens (tertiary/aromatic N) is 1. The van der Waals surface area contributed by atoms with Crippen LogP contribution in [0, 0.1) is 11.3 Å². The van der Waals surface area contributed by atoms with Crippen molar-refractivity contribution in [1.29, 1.82) is 5.26 Å². The minimum absolute atomic E-state index is 0.214. The third kappa shape index (κ3) is 6.75. The van der Waals surface area contributed by atoms with Crippen molar-refractivity contribution >= 4 is 17.8 Å². The molecule has 0 amide bonds. The van der Waals surface area contributed by atoms with Gasteiger partial charge in [0, 0.05) is 19.5 Å². The molecule has 0 radical (unpaired) electrons. The molecule has 1 unspecified atom stereocenters. The molecule has 0 aromatic heterocycles. The highest BCUT2D eigenvalue weighted by Crippen LogP contribution is 2.36. The molecule has 0 aliphatic carbocycles. The predicted molar refractivity (Wildman–Crippen MR) is 90.0 cm³/mol. The summed E-state index contributed by atoms with van der Waals surface area (Å²) in [6.07, 6.45) is -8.15. The molecule has 0 fully saturated rings. The van der Waals surface area contributed by atoms with E-state index in [4.69, 9.17) is 10.00 Å². The van der Waals surface area contributed by atoms with Crippen LogP contribution in [0.2, 0.25) is 0 Å². The smallest absolute Gasteiger partial charge is 0.385 e. The summed E-state index contributed by atoms with van der Waals surface area (Å²) in [7, 11) is 1.45. The third-order valence-electron chi connectivity index (χ3n) is 3.47. The molecule has 27 heavy (non-hydrogen) atoms. The fraction of sp³-hybridized carbons (Fsp3) is 0.471. The van der Waals surface area contributed by atoms with Gasteiger partial charge in [-0.25, -0.2) is 0 Å². The molecule has 1 aromatic carbocycles. The molecule has 0 spiro atoms. The molecule has 10 heteroatoms. The predicted octanol–water partition coefficient (Wildman–Crippen LogP) is 4.65. The summed E-state index contributed by atoms with van der Waals surface area (Å²) < 4.78 is 83.2. The van der Waals surface area contributed by atoms with E-state index in [2.05, 4.69) is 0 Å². The summed E-state index contributed by atoms with van der Waals surface area (Å²) in [6.45, 7) is 0.360. The maximum absolute atomic E-state index is 13.2. The number of alkyl halides is 6. The van der Waals surface area contributed by atoms with Gasteiger partial charge in [-0.3, -0.25) is 0 Å². The van der Waals surface area contributed by atoms with Gasteiger partial charge < -0.3 is 9.84 Å². The molecule has 1 rings (SSSR count). The molecule has 1 N–H and O–H groups in total. The highest BCUT2D eigenvalue weighted by Gasteiger charge is 2.51. The number of hydrogen-bond donors (Lipinski definition) is 1. The van der Waals surface area contributed by atoms with Crippen LogP contribution >= 0.6 is 11.8 Å². The maximum Gasteiger partial charge on any atom is 0.421 e. The van der Waals surface area contributed by atoms with Crippen LogP contribution in [0.25, 0.3) is 6.08 Å². The van der Waals surface area contributed by atoms with Crippen LogP contribution in [-0.2, 0) is 10.9 Å². The maximum atomic E-state index is 13.2. The Morgan fingerprint density at radius 3 is 2.41 bits per heavy atom. The number of benzene rings is 1. The molecule has 3 nitrogen and oxygen atoms in total. The molecule has 1 aromatic rings. The Bertz CT molecular complexity index is 696. The first-order valence-corrected chi connectivity index (χ1v) is 8.76. The Balaban J connectivity index is 3.05. The van der Waals surface area contributed by atoms with E-state index in [-0.39, 0.29) is 5.56 Å². The number of thioether (sulfide) groups is 1. The number of hydrogen-bond acceptors (Lipinski definition) is 4. The van der Waals surface area contributed by atoms with Crippen LogP contribution in [0.1, 0.15) is 23.1 Å². The number of ether oxygens (including phenoxy) is 1. The number of methoxy groups -OCH3 is 1. The van der Waals surface area contributed by atoms with Crippen molar-refractivity contribution < 1.29 is 36.2 Å². The molecule has 1 atom stereocenters. The van der Waals surface area contributed by atoms with E-state index in [1.165, 1.54) is 13.2 Å². The van der Waals surface area contributed by atoms with Crippen molar-refractivity contribution in [2.45, 2.75) is 24.4 Å². The van der Waals surface area contributed by atoms with Crippen molar-refractivity contribution in [2.24, 2.45) is 0 Å². The average molecular weight is 413 g/mol. The van der Waals surface area contributed by atoms with E-state index in [1.54, 1.807) is 0 Å². The lowest BCUT2D eigenvalue weighted by atomic mass is 10.0. The van der Waals surface area contributed by atoms with Crippen LogP contribution in [-0.4, -0.2) is 42.1 Å². The van der Waals surface area contributed by atoms with Crippen molar-refractivity contribution in [1.82, 2.24) is 0 Å². The largest absolute Gasteiger partial charge is 0.421 e. The van der Waals surface area contributed by atoms with Crippen LogP contribution in [0.15, 0.2) is 24.3 Å². The Hall–Kier alpha value is -1.70. The van der Waals surface area contributed by atoms with E-state index in [0.717, 1.165) is 30.0 Å². The molecule has 0 saturated heterocycles. The first-order chi connectivity index (χ1) is 12.4. The zero-order valence-electron chi connectivity index (χ0n) is 14.2. The highest BCUT2D eigenvalue weighted by molar-refractivity contribution is 7.99. The fourth-order valence-electron chi connectivity index (χ4n) is 1.99. The second-order valence-electron chi connectivity index (χ2n) is 5.57. The summed E-state index contributed by atoms with van der Waals surface area (Å²) in [5.74, 6) is -0.395. The van der Waals surface area contributed by atoms with Crippen LogP contribution in [0.3, 0.4) is 0 Å². The van der Waals surface area contributed by atoms with Gasteiger partial charge >= 0.3 is 12.4 Å². The van der Waals surface area contributed by atoms with Gasteiger partial charge in [0.15, 0.2) is 5.60 Å². The molecule has 0 aliphatic heterocycles. The molecular formula is C17H17F6NO2S. The highest BCUT2D eigenvalue weighted by atomic mass is 32.2. The number of aliphatic hydroxyl groups is 1. The molecule has 150 valence electrons. The van der Waals surface area contributed by atoms with Crippen molar-refractivity contribution in [2.75, 3.05) is 25.2 Å². The lowest BCUT2D eigenvalue weighted by Crippen LogP contribution is -2.45. The Morgan fingerprint density at radius 2 is 1.89 bits per heavy atom. The van der Waals surface area contributed by atoms with Crippen LogP contribution in [0.4, 0.5) is 26.3 Å². The number of nitriles is 1. The second kappa shape index (κ2) is 9.48. The van der Waals surface area contributed by atoms with Crippen LogP contribution in [0.5, 0.6) is 0 Å². The van der Waals surface area contributed by atoms with E-state index < -0.39 is 34.8 Å². The topological polar surface area (TPSA) is 53.2 Å². The summed E-state index contributed by atoms with van der Waals surface area (Å²) in [5.41, 5.74) is -5.30. The zero-order valence-corrected chi connectivity index (χ0v) is 15.0. The van der Waals surface area contributed by atoms with E-state index >= 15 is 0 Å². The van der Waals surface area contributed by atoms with E-state index in [0.29, 0.717) is 30.9 Å². The van der Waals surface area contributed by atoms with Gasteiger partial charge in [0.1, 0.15) is 0 Å². The summed E-state index contributed by atoms with van der Waals surface area (Å²) in [6, 6.07) is 3.90. The Labute approximate surface area is 156 Å². The first-order valence-electron chi connectivity index (χ1n) is 7.61. The number of rotatable bonds is 8. The normalized spacial score (nSPS) is 14.9. The first kappa shape index (κ1) is 23.3. The quantitative estimate of drug-likeness (QED) is 0.498. The van der Waals surface area contributed by atoms with E-state index in [1.807, 2.05) is 0 Å². The Morgan fingerprint density at radius 1 is 1.22 bits per heavy atom. The van der Waals surface area contributed by atoms with Crippen molar-refractivity contribution in [3.63, 3.8) is 0 Å². The molecule has 0 bridgehead atoms. The minimum atomic E-state index is -5.00. The summed E-state index contributed by atoms with van der Waals surface area (Å²) >= 11 is 0.851. The van der Waals surface area contributed by atoms with Gasteiger partial charge in [-0.15, -0.1) is 0 Å². The van der Waals surface area contributed by atoms with Gasteiger partial charge in [0.2, 0.25) is 0 Å². The fourth-order valence-corrected chi connectivity index (χ4v) is 3.03. The third-order valence-corrected chi connectivity index (χ3v) is 4.69. The SMILES string of the molecule is COCCCSCC(O)(/C=C/c1ccc(C#N)c(C(F)(F)F)c1)C(F)(F)F. The summed E-state index contributed by atoms with van der Waals surface area (Å²) in [4.78, 5) is 0. The van der Waals surface area contributed by atoms with E-state index in [9.17, 15) is 31.4 Å². The second-order valence-corrected chi connectivity index (χ2v) is 6.67. The minimum Gasteiger partial charge on any atom is -0.385 e.